The molecule has 15 heavy (non-hydrogen) atoms. The maximum atomic E-state index is 11.9. The quantitative estimate of drug-likeness (QED) is 0.734. The van der Waals surface area contributed by atoms with Gasteiger partial charge >= 0.3 is 5.97 Å². The average molecular weight is 215 g/mol. The number of amides is 1. The molecule has 86 valence electrons. The van der Waals surface area contributed by atoms with Crippen molar-refractivity contribution in [2.24, 2.45) is 5.92 Å². The molecule has 0 atom stereocenters. The van der Waals surface area contributed by atoms with Gasteiger partial charge in [0.25, 0.3) is 0 Å². The van der Waals surface area contributed by atoms with Crippen LogP contribution in [0, 0.1) is 5.92 Å². The van der Waals surface area contributed by atoms with Gasteiger partial charge in [0, 0.05) is 25.7 Å². The molecular formula is C10H17NO4. The van der Waals surface area contributed by atoms with Crippen LogP contribution >= 0.6 is 0 Å². The maximum absolute atomic E-state index is 11.9. The van der Waals surface area contributed by atoms with E-state index >= 15 is 0 Å². The first-order valence-electron chi connectivity index (χ1n) is 5.23. The van der Waals surface area contributed by atoms with E-state index in [4.69, 9.17) is 9.84 Å². The highest BCUT2D eigenvalue weighted by Crippen LogP contribution is 2.17. The van der Waals surface area contributed by atoms with Crippen molar-refractivity contribution in [3.05, 3.63) is 0 Å². The molecule has 1 saturated heterocycles. The van der Waals surface area contributed by atoms with Crippen LogP contribution in [0.2, 0.25) is 0 Å². The van der Waals surface area contributed by atoms with Gasteiger partial charge in [-0.2, -0.15) is 0 Å². The van der Waals surface area contributed by atoms with E-state index < -0.39 is 5.97 Å². The Balaban J connectivity index is 2.50. The normalized spacial score (nSPS) is 17.4. The molecular weight excluding hydrogens is 198 g/mol. The molecule has 0 aromatic carbocycles. The molecule has 1 aliphatic heterocycles. The molecule has 0 aliphatic carbocycles. The Morgan fingerprint density at radius 3 is 2.47 bits per heavy atom. The van der Waals surface area contributed by atoms with E-state index in [0.29, 0.717) is 32.6 Å². The summed E-state index contributed by atoms with van der Waals surface area (Å²) in [5.41, 5.74) is 0. The fourth-order valence-electron chi connectivity index (χ4n) is 1.71. The Kier molecular flexibility index (Phi) is 4.55. The minimum absolute atomic E-state index is 0.0526. The van der Waals surface area contributed by atoms with Crippen LogP contribution in [0.4, 0.5) is 0 Å². The summed E-state index contributed by atoms with van der Waals surface area (Å²) in [5, 5.41) is 8.64. The topological polar surface area (TPSA) is 66.8 Å². The van der Waals surface area contributed by atoms with Crippen LogP contribution in [0.1, 0.15) is 19.8 Å². The zero-order valence-corrected chi connectivity index (χ0v) is 8.94. The third kappa shape index (κ3) is 3.51. The SMILES string of the molecule is CCN(CC(=O)O)C(=O)C1CCOCC1. The van der Waals surface area contributed by atoms with E-state index in [-0.39, 0.29) is 18.4 Å². The summed E-state index contributed by atoms with van der Waals surface area (Å²) < 4.78 is 5.16. The lowest BCUT2D eigenvalue weighted by Gasteiger charge is -2.27. The first-order valence-corrected chi connectivity index (χ1v) is 5.23. The highest BCUT2D eigenvalue weighted by atomic mass is 16.5. The van der Waals surface area contributed by atoms with Crippen LogP contribution in [0.15, 0.2) is 0 Å². The Morgan fingerprint density at radius 1 is 1.40 bits per heavy atom. The second kappa shape index (κ2) is 5.70. The van der Waals surface area contributed by atoms with Crippen molar-refractivity contribution in [2.75, 3.05) is 26.3 Å². The summed E-state index contributed by atoms with van der Waals surface area (Å²) in [6, 6.07) is 0. The number of hydrogen-bond acceptors (Lipinski definition) is 3. The van der Waals surface area contributed by atoms with Gasteiger partial charge in [-0.05, 0) is 19.8 Å². The molecule has 0 bridgehead atoms. The Hall–Kier alpha value is -1.10. The molecule has 0 saturated carbocycles. The number of carboxylic acid groups (broad SMARTS) is 1. The van der Waals surface area contributed by atoms with Crippen molar-refractivity contribution in [1.82, 2.24) is 4.90 Å². The third-order valence-corrected chi connectivity index (χ3v) is 2.59. The lowest BCUT2D eigenvalue weighted by atomic mass is 9.98. The summed E-state index contributed by atoms with van der Waals surface area (Å²) in [6.07, 6.45) is 1.41. The van der Waals surface area contributed by atoms with Crippen LogP contribution < -0.4 is 0 Å². The minimum Gasteiger partial charge on any atom is -0.480 e. The molecule has 0 aromatic rings. The zero-order valence-electron chi connectivity index (χ0n) is 8.94. The number of carbonyl (C=O) groups excluding carboxylic acids is 1. The van der Waals surface area contributed by atoms with Crippen LogP contribution in [-0.2, 0) is 14.3 Å². The number of aliphatic carboxylic acids is 1. The number of ether oxygens (including phenoxy) is 1. The van der Waals surface area contributed by atoms with E-state index in [2.05, 4.69) is 0 Å². The second-order valence-electron chi connectivity index (χ2n) is 3.63. The minimum atomic E-state index is -0.961. The van der Waals surface area contributed by atoms with Crippen molar-refractivity contribution in [2.45, 2.75) is 19.8 Å². The van der Waals surface area contributed by atoms with Gasteiger partial charge in [-0.15, -0.1) is 0 Å². The molecule has 0 spiro atoms. The lowest BCUT2D eigenvalue weighted by Crippen LogP contribution is -2.41. The molecule has 1 fully saturated rings. The Labute approximate surface area is 89.0 Å². The van der Waals surface area contributed by atoms with Crippen molar-refractivity contribution in [1.29, 1.82) is 0 Å². The number of nitrogens with zero attached hydrogens (tertiary/aromatic N) is 1. The standard InChI is InChI=1S/C10H17NO4/c1-2-11(7-9(12)13)10(14)8-3-5-15-6-4-8/h8H,2-7H2,1H3,(H,12,13). The van der Waals surface area contributed by atoms with Gasteiger partial charge in [-0.3, -0.25) is 9.59 Å². The largest absolute Gasteiger partial charge is 0.480 e. The van der Waals surface area contributed by atoms with Crippen LogP contribution in [-0.4, -0.2) is 48.2 Å². The van der Waals surface area contributed by atoms with Crippen molar-refractivity contribution < 1.29 is 19.4 Å². The number of rotatable bonds is 4. The summed E-state index contributed by atoms with van der Waals surface area (Å²) in [4.78, 5) is 23.8. The van der Waals surface area contributed by atoms with Crippen molar-refractivity contribution in [3.8, 4) is 0 Å². The van der Waals surface area contributed by atoms with Crippen LogP contribution in [0.5, 0.6) is 0 Å². The lowest BCUT2D eigenvalue weighted by molar-refractivity contribution is -0.147. The van der Waals surface area contributed by atoms with E-state index in [1.165, 1.54) is 4.90 Å². The summed E-state index contributed by atoms with van der Waals surface area (Å²) >= 11 is 0. The predicted octanol–water partition coefficient (Wildman–Crippen LogP) is 0.346. The molecule has 0 unspecified atom stereocenters. The average Bonchev–Trinajstić information content (AvgIpc) is 2.26. The molecule has 0 radical (unpaired) electrons. The van der Waals surface area contributed by atoms with Gasteiger partial charge in [0.05, 0.1) is 0 Å². The van der Waals surface area contributed by atoms with Gasteiger partial charge in [-0.1, -0.05) is 0 Å². The molecule has 5 heteroatoms. The zero-order chi connectivity index (χ0) is 11.3. The number of likely N-dealkylation sites (N-methyl/N-ethyl adjacent to an activating group) is 1. The first-order chi connectivity index (χ1) is 7.15. The third-order valence-electron chi connectivity index (χ3n) is 2.59. The van der Waals surface area contributed by atoms with Gasteiger partial charge in [0.1, 0.15) is 6.54 Å². The monoisotopic (exact) mass is 215 g/mol. The number of carboxylic acids is 1. The van der Waals surface area contributed by atoms with Crippen LogP contribution in [0.3, 0.4) is 0 Å². The van der Waals surface area contributed by atoms with Crippen molar-refractivity contribution in [3.63, 3.8) is 0 Å². The highest BCUT2D eigenvalue weighted by molar-refractivity contribution is 5.83. The predicted molar refractivity (Wildman–Crippen MR) is 53.4 cm³/mol. The molecule has 1 N–H and O–H groups in total. The van der Waals surface area contributed by atoms with E-state index in [1.54, 1.807) is 6.92 Å². The summed E-state index contributed by atoms with van der Waals surface area (Å²) in [7, 11) is 0. The fourth-order valence-corrected chi connectivity index (χ4v) is 1.71. The summed E-state index contributed by atoms with van der Waals surface area (Å²) in [5.74, 6) is -1.07. The molecule has 1 aliphatic rings. The number of hydrogen-bond donors (Lipinski definition) is 1. The highest BCUT2D eigenvalue weighted by Gasteiger charge is 2.26. The maximum Gasteiger partial charge on any atom is 0.323 e. The van der Waals surface area contributed by atoms with Gasteiger partial charge < -0.3 is 14.7 Å². The Morgan fingerprint density at radius 2 is 2.00 bits per heavy atom. The first kappa shape index (κ1) is 12.0. The van der Waals surface area contributed by atoms with Gasteiger partial charge in [0.2, 0.25) is 5.91 Å². The Bertz CT molecular complexity index is 236. The second-order valence-corrected chi connectivity index (χ2v) is 3.63. The molecule has 1 amide bonds. The molecule has 1 heterocycles. The summed E-state index contributed by atoms with van der Waals surface area (Å²) in [6.45, 7) is 3.23. The fraction of sp³-hybridized carbons (Fsp3) is 0.800. The molecule has 0 aromatic heterocycles. The van der Waals surface area contributed by atoms with Crippen LogP contribution in [0.25, 0.3) is 0 Å². The molecule has 5 nitrogen and oxygen atoms in total. The van der Waals surface area contributed by atoms with E-state index in [0.717, 1.165) is 0 Å². The van der Waals surface area contributed by atoms with Gasteiger partial charge in [0.15, 0.2) is 0 Å². The van der Waals surface area contributed by atoms with E-state index in [9.17, 15) is 9.59 Å². The van der Waals surface area contributed by atoms with E-state index in [1.807, 2.05) is 0 Å². The molecule has 1 rings (SSSR count). The van der Waals surface area contributed by atoms with Crippen molar-refractivity contribution >= 4 is 11.9 Å². The number of carbonyl (C=O) groups is 2. The smallest absolute Gasteiger partial charge is 0.323 e. The van der Waals surface area contributed by atoms with Gasteiger partial charge in [-0.25, -0.2) is 0 Å².